The van der Waals surface area contributed by atoms with Crippen LogP contribution in [0.4, 0.5) is 5.13 Å². The Balaban J connectivity index is 1.47. The summed E-state index contributed by atoms with van der Waals surface area (Å²) in [4.78, 5) is 18.1. The van der Waals surface area contributed by atoms with E-state index in [1.807, 2.05) is 16.0 Å². The van der Waals surface area contributed by atoms with Crippen molar-refractivity contribution in [2.45, 2.75) is 40.0 Å². The van der Waals surface area contributed by atoms with Crippen molar-refractivity contribution in [2.24, 2.45) is 5.92 Å². The SMILES string of the molecule is CCc1ccc(-c2cn3c(CC(=O)Nc4nnc(CC(C)C)s4)csc3n2)cc1. The molecule has 0 spiro atoms. The molecule has 0 atom stereocenters. The summed E-state index contributed by atoms with van der Waals surface area (Å²) in [7, 11) is 0. The molecular weight excluding hydrogens is 402 g/mol. The minimum atomic E-state index is -0.0977. The van der Waals surface area contributed by atoms with E-state index in [1.165, 1.54) is 16.9 Å². The third-order valence-corrected chi connectivity index (χ3v) is 6.33. The van der Waals surface area contributed by atoms with Gasteiger partial charge in [-0.2, -0.15) is 0 Å². The lowest BCUT2D eigenvalue weighted by atomic mass is 10.1. The zero-order chi connectivity index (χ0) is 20.4. The molecule has 0 saturated carbocycles. The summed E-state index contributed by atoms with van der Waals surface area (Å²) in [6.45, 7) is 6.42. The van der Waals surface area contributed by atoms with Gasteiger partial charge in [-0.3, -0.25) is 9.20 Å². The minimum absolute atomic E-state index is 0.0977. The molecule has 3 heterocycles. The van der Waals surface area contributed by atoms with Gasteiger partial charge in [-0.25, -0.2) is 4.98 Å². The molecule has 0 aliphatic carbocycles. The molecule has 1 N–H and O–H groups in total. The van der Waals surface area contributed by atoms with E-state index in [0.29, 0.717) is 11.0 Å². The number of thiazole rings is 1. The van der Waals surface area contributed by atoms with E-state index in [2.05, 4.69) is 60.6 Å². The second-order valence-electron chi connectivity index (χ2n) is 7.38. The maximum absolute atomic E-state index is 12.5. The molecule has 8 heteroatoms. The molecule has 1 aromatic carbocycles. The van der Waals surface area contributed by atoms with Gasteiger partial charge in [0, 0.05) is 29.3 Å². The number of aryl methyl sites for hydroxylation is 1. The van der Waals surface area contributed by atoms with Crippen LogP contribution in [0.15, 0.2) is 35.8 Å². The van der Waals surface area contributed by atoms with Crippen LogP contribution in [0.1, 0.15) is 37.0 Å². The molecular formula is C21H23N5OS2. The van der Waals surface area contributed by atoms with E-state index in [9.17, 15) is 4.79 Å². The highest BCUT2D eigenvalue weighted by molar-refractivity contribution is 7.15. The summed E-state index contributed by atoms with van der Waals surface area (Å²) in [5.41, 5.74) is 4.22. The highest BCUT2D eigenvalue weighted by Crippen LogP contribution is 2.25. The fourth-order valence-corrected chi connectivity index (χ4v) is 4.91. The maximum Gasteiger partial charge on any atom is 0.232 e. The summed E-state index contributed by atoms with van der Waals surface area (Å²) < 4.78 is 2.00. The highest BCUT2D eigenvalue weighted by atomic mass is 32.1. The van der Waals surface area contributed by atoms with Crippen LogP contribution in [-0.2, 0) is 24.1 Å². The number of amides is 1. The molecule has 29 heavy (non-hydrogen) atoms. The van der Waals surface area contributed by atoms with Gasteiger partial charge in [0.15, 0.2) is 4.96 Å². The van der Waals surface area contributed by atoms with Gasteiger partial charge in [0.2, 0.25) is 11.0 Å². The van der Waals surface area contributed by atoms with Gasteiger partial charge in [-0.1, -0.05) is 56.4 Å². The van der Waals surface area contributed by atoms with E-state index in [1.54, 1.807) is 11.3 Å². The molecule has 0 saturated heterocycles. The molecule has 0 radical (unpaired) electrons. The van der Waals surface area contributed by atoms with Crippen molar-refractivity contribution >= 4 is 38.7 Å². The van der Waals surface area contributed by atoms with E-state index < -0.39 is 0 Å². The first-order valence-electron chi connectivity index (χ1n) is 9.69. The number of fused-ring (bicyclic) bond motifs is 1. The normalized spacial score (nSPS) is 11.4. The number of nitrogens with zero attached hydrogens (tertiary/aromatic N) is 4. The third-order valence-electron chi connectivity index (χ3n) is 4.58. The quantitative estimate of drug-likeness (QED) is 0.459. The second kappa shape index (κ2) is 8.42. The number of nitrogens with one attached hydrogen (secondary N) is 1. The van der Waals surface area contributed by atoms with Crippen LogP contribution < -0.4 is 5.32 Å². The van der Waals surface area contributed by atoms with Crippen molar-refractivity contribution in [1.82, 2.24) is 19.6 Å². The van der Waals surface area contributed by atoms with Crippen LogP contribution in [0.5, 0.6) is 0 Å². The number of imidazole rings is 1. The largest absolute Gasteiger partial charge is 0.300 e. The van der Waals surface area contributed by atoms with Crippen LogP contribution in [0.2, 0.25) is 0 Å². The Morgan fingerprint density at radius 1 is 1.21 bits per heavy atom. The average molecular weight is 426 g/mol. The van der Waals surface area contributed by atoms with Crippen molar-refractivity contribution in [1.29, 1.82) is 0 Å². The molecule has 0 bridgehead atoms. The Bertz CT molecular complexity index is 1120. The molecule has 4 aromatic rings. The summed E-state index contributed by atoms with van der Waals surface area (Å²) in [6, 6.07) is 8.46. The third kappa shape index (κ3) is 4.54. The predicted octanol–water partition coefficient (Wildman–Crippen LogP) is 4.86. The fourth-order valence-electron chi connectivity index (χ4n) is 3.07. The lowest BCUT2D eigenvalue weighted by Crippen LogP contribution is -2.15. The van der Waals surface area contributed by atoms with Crippen molar-refractivity contribution < 1.29 is 4.79 Å². The summed E-state index contributed by atoms with van der Waals surface area (Å²) in [5.74, 6) is 0.415. The number of anilines is 1. The first-order valence-corrected chi connectivity index (χ1v) is 11.4. The fraction of sp³-hybridized carbons (Fsp3) is 0.333. The number of hydrogen-bond acceptors (Lipinski definition) is 6. The van der Waals surface area contributed by atoms with Gasteiger partial charge >= 0.3 is 0 Å². The molecule has 150 valence electrons. The highest BCUT2D eigenvalue weighted by Gasteiger charge is 2.14. The van der Waals surface area contributed by atoms with Gasteiger partial charge < -0.3 is 5.32 Å². The smallest absolute Gasteiger partial charge is 0.232 e. The number of benzene rings is 1. The summed E-state index contributed by atoms with van der Waals surface area (Å²) in [5, 5.41) is 14.6. The molecule has 0 unspecified atom stereocenters. The minimum Gasteiger partial charge on any atom is -0.300 e. The van der Waals surface area contributed by atoms with Crippen LogP contribution >= 0.6 is 22.7 Å². The van der Waals surface area contributed by atoms with Crippen LogP contribution in [0.3, 0.4) is 0 Å². The molecule has 1 amide bonds. The maximum atomic E-state index is 12.5. The van der Waals surface area contributed by atoms with Crippen molar-refractivity contribution in [2.75, 3.05) is 5.32 Å². The Labute approximate surface area is 177 Å². The molecule has 3 aromatic heterocycles. The predicted molar refractivity (Wildman–Crippen MR) is 119 cm³/mol. The number of aromatic nitrogens is 4. The van der Waals surface area contributed by atoms with E-state index in [0.717, 1.165) is 39.8 Å². The number of hydrogen-bond donors (Lipinski definition) is 1. The van der Waals surface area contributed by atoms with Crippen LogP contribution in [0.25, 0.3) is 16.2 Å². The molecule has 6 nitrogen and oxygen atoms in total. The van der Waals surface area contributed by atoms with Gasteiger partial charge in [0.1, 0.15) is 5.01 Å². The van der Waals surface area contributed by atoms with E-state index in [4.69, 9.17) is 4.98 Å². The zero-order valence-electron chi connectivity index (χ0n) is 16.7. The summed E-state index contributed by atoms with van der Waals surface area (Å²) >= 11 is 2.98. The standard InChI is InChI=1S/C21H23N5OS2/c1-4-14-5-7-15(8-6-14)17-11-26-16(12-28-21(26)22-17)10-18(27)23-20-25-24-19(29-20)9-13(2)3/h5-8,11-13H,4,9-10H2,1-3H3,(H,23,25,27). The monoisotopic (exact) mass is 425 g/mol. The first-order chi connectivity index (χ1) is 14.0. The van der Waals surface area contributed by atoms with Crippen LogP contribution in [0, 0.1) is 5.92 Å². The van der Waals surface area contributed by atoms with E-state index in [-0.39, 0.29) is 12.3 Å². The molecule has 0 fully saturated rings. The first kappa shape index (κ1) is 19.7. The topological polar surface area (TPSA) is 72.2 Å². The van der Waals surface area contributed by atoms with Crippen molar-refractivity contribution in [3.05, 3.63) is 52.1 Å². The van der Waals surface area contributed by atoms with Gasteiger partial charge in [-0.15, -0.1) is 21.5 Å². The number of carbonyl (C=O) groups is 1. The lowest BCUT2D eigenvalue weighted by molar-refractivity contribution is -0.115. The molecule has 4 rings (SSSR count). The van der Waals surface area contributed by atoms with Gasteiger partial charge in [-0.05, 0) is 17.9 Å². The average Bonchev–Trinajstić information content (AvgIpc) is 3.39. The Morgan fingerprint density at radius 2 is 2.00 bits per heavy atom. The zero-order valence-corrected chi connectivity index (χ0v) is 18.3. The lowest BCUT2D eigenvalue weighted by Gasteiger charge is -2.01. The number of rotatable bonds is 7. The summed E-state index contributed by atoms with van der Waals surface area (Å²) in [6.07, 6.45) is 4.16. The van der Waals surface area contributed by atoms with Gasteiger partial charge in [0.05, 0.1) is 12.1 Å². The van der Waals surface area contributed by atoms with Crippen LogP contribution in [-0.4, -0.2) is 25.5 Å². The Kier molecular flexibility index (Phi) is 5.73. The van der Waals surface area contributed by atoms with Crippen molar-refractivity contribution in [3.8, 4) is 11.3 Å². The second-order valence-corrected chi connectivity index (χ2v) is 9.28. The molecule has 0 aliphatic rings. The molecule has 0 aliphatic heterocycles. The van der Waals surface area contributed by atoms with E-state index >= 15 is 0 Å². The Morgan fingerprint density at radius 3 is 2.72 bits per heavy atom. The number of carbonyl (C=O) groups excluding carboxylic acids is 1. The van der Waals surface area contributed by atoms with Gasteiger partial charge in [0.25, 0.3) is 0 Å². The Hall–Kier alpha value is -2.58. The van der Waals surface area contributed by atoms with Crippen molar-refractivity contribution in [3.63, 3.8) is 0 Å².